The van der Waals surface area contributed by atoms with Crippen molar-refractivity contribution in [3.63, 3.8) is 0 Å². The maximum absolute atomic E-state index is 2.36. The van der Waals surface area contributed by atoms with Crippen molar-refractivity contribution < 1.29 is 0 Å². The third kappa shape index (κ3) is 0.482. The van der Waals surface area contributed by atoms with Crippen molar-refractivity contribution in [2.45, 2.75) is 18.6 Å². The number of rotatable bonds is 1. The molecule has 0 nitrogen and oxygen atoms in total. The Morgan fingerprint density at radius 1 is 1.62 bits per heavy atom. The molecular formula is C7H10S. The molecule has 0 bridgehead atoms. The molecule has 0 unspecified atom stereocenters. The van der Waals surface area contributed by atoms with Gasteiger partial charge in [-0.25, -0.2) is 0 Å². The van der Waals surface area contributed by atoms with Crippen LogP contribution in [0, 0.1) is 11.8 Å². The molecule has 0 aromatic heterocycles. The Balaban J connectivity index is 2.03. The Kier molecular flexibility index (Phi) is 0.944. The first kappa shape index (κ1) is 4.92. The van der Waals surface area contributed by atoms with Gasteiger partial charge < -0.3 is 0 Å². The maximum Gasteiger partial charge on any atom is 0.0189 e. The summed E-state index contributed by atoms with van der Waals surface area (Å²) in [6.07, 6.45) is 3.75. The zero-order valence-corrected chi connectivity index (χ0v) is 5.82. The van der Waals surface area contributed by atoms with E-state index in [2.05, 4.69) is 18.4 Å². The van der Waals surface area contributed by atoms with Crippen molar-refractivity contribution in [2.24, 2.45) is 11.8 Å². The van der Waals surface area contributed by atoms with Gasteiger partial charge in [-0.2, -0.15) is 0 Å². The first-order valence-corrected chi connectivity index (χ1v) is 4.20. The fourth-order valence-electron chi connectivity index (χ4n) is 1.54. The van der Waals surface area contributed by atoms with Crippen molar-refractivity contribution in [3.8, 4) is 0 Å². The number of thioether (sulfide) groups is 1. The number of fused-ring (bicyclic) bond motifs is 1. The zero-order chi connectivity index (χ0) is 5.56. The molecule has 44 valence electrons. The van der Waals surface area contributed by atoms with Crippen LogP contribution < -0.4 is 0 Å². The third-order valence-electron chi connectivity index (χ3n) is 2.16. The summed E-state index contributed by atoms with van der Waals surface area (Å²) in [5.74, 6) is 2.02. The molecule has 1 aliphatic carbocycles. The van der Waals surface area contributed by atoms with E-state index in [-0.39, 0.29) is 0 Å². The van der Waals surface area contributed by atoms with E-state index in [1.165, 1.54) is 6.42 Å². The normalized spacial score (nSPS) is 49.4. The lowest BCUT2D eigenvalue weighted by Gasteiger charge is -1.88. The van der Waals surface area contributed by atoms with Gasteiger partial charge in [0, 0.05) is 5.25 Å². The second kappa shape index (κ2) is 1.53. The molecule has 0 N–H and O–H groups in total. The largest absolute Gasteiger partial charge is 0.130 e. The van der Waals surface area contributed by atoms with Crippen molar-refractivity contribution in [3.05, 3.63) is 11.5 Å². The number of hydrogen-bond acceptors (Lipinski definition) is 1. The molecule has 1 heterocycles. The minimum Gasteiger partial charge on any atom is -0.130 e. The van der Waals surface area contributed by atoms with Gasteiger partial charge in [0.25, 0.3) is 0 Å². The molecule has 0 radical (unpaired) electrons. The highest BCUT2D eigenvalue weighted by molar-refractivity contribution is 8.03. The van der Waals surface area contributed by atoms with E-state index < -0.39 is 0 Å². The Labute approximate surface area is 54.4 Å². The van der Waals surface area contributed by atoms with Crippen LogP contribution in [0.3, 0.4) is 0 Å². The summed E-state index contributed by atoms with van der Waals surface area (Å²) in [7, 11) is 0. The van der Waals surface area contributed by atoms with Crippen molar-refractivity contribution in [2.75, 3.05) is 0 Å². The predicted molar refractivity (Wildman–Crippen MR) is 37.8 cm³/mol. The highest BCUT2D eigenvalue weighted by Crippen LogP contribution is 2.55. The van der Waals surface area contributed by atoms with Crippen LogP contribution in [0.4, 0.5) is 0 Å². The highest BCUT2D eigenvalue weighted by atomic mass is 32.2. The van der Waals surface area contributed by atoms with Crippen LogP contribution in [-0.4, -0.2) is 5.25 Å². The summed E-state index contributed by atoms with van der Waals surface area (Å²) in [4.78, 5) is 0. The van der Waals surface area contributed by atoms with Crippen LogP contribution >= 0.6 is 11.8 Å². The second-order valence-electron chi connectivity index (χ2n) is 2.58. The second-order valence-corrected chi connectivity index (χ2v) is 3.67. The van der Waals surface area contributed by atoms with Gasteiger partial charge >= 0.3 is 0 Å². The van der Waals surface area contributed by atoms with Crippen LogP contribution in [0.25, 0.3) is 0 Å². The van der Waals surface area contributed by atoms with Crippen LogP contribution in [0.5, 0.6) is 0 Å². The highest BCUT2D eigenvalue weighted by Gasteiger charge is 2.49. The summed E-state index contributed by atoms with van der Waals surface area (Å²) in [5, 5.41) is 3.25. The molecule has 0 amide bonds. The molecule has 1 saturated carbocycles. The molecule has 1 fully saturated rings. The van der Waals surface area contributed by atoms with Crippen molar-refractivity contribution >= 4 is 11.8 Å². The lowest BCUT2D eigenvalue weighted by molar-refractivity contribution is 0.755. The van der Waals surface area contributed by atoms with E-state index in [0.29, 0.717) is 0 Å². The molecular weight excluding hydrogens is 116 g/mol. The summed E-state index contributed by atoms with van der Waals surface area (Å²) < 4.78 is 0. The van der Waals surface area contributed by atoms with Gasteiger partial charge in [0.1, 0.15) is 0 Å². The van der Waals surface area contributed by atoms with E-state index in [9.17, 15) is 0 Å². The van der Waals surface area contributed by atoms with E-state index in [1.54, 1.807) is 0 Å². The fourth-order valence-corrected chi connectivity index (χ4v) is 2.96. The quantitative estimate of drug-likeness (QED) is 0.519. The lowest BCUT2D eigenvalue weighted by atomic mass is 10.2. The predicted octanol–water partition coefficient (Wildman–Crippen LogP) is 2.27. The monoisotopic (exact) mass is 126 g/mol. The van der Waals surface area contributed by atoms with Crippen molar-refractivity contribution in [1.82, 2.24) is 0 Å². The molecule has 0 aromatic rings. The molecule has 2 rings (SSSR count). The first-order valence-electron chi connectivity index (χ1n) is 3.25. The maximum atomic E-state index is 2.36. The summed E-state index contributed by atoms with van der Waals surface area (Å²) in [6, 6.07) is 0. The lowest BCUT2D eigenvalue weighted by Crippen LogP contribution is -1.76. The molecule has 1 heteroatoms. The van der Waals surface area contributed by atoms with Crippen LogP contribution in [-0.2, 0) is 0 Å². The molecule has 0 spiro atoms. The van der Waals surface area contributed by atoms with Gasteiger partial charge in [0.2, 0.25) is 0 Å². The molecule has 2 aliphatic rings. The van der Waals surface area contributed by atoms with E-state index >= 15 is 0 Å². The molecule has 0 saturated heterocycles. The SMILES string of the molecule is CC[C@H]1[C@H]2C=CS[C@H]21. The molecule has 0 aromatic carbocycles. The molecule has 8 heavy (non-hydrogen) atoms. The Morgan fingerprint density at radius 3 is 2.88 bits per heavy atom. The van der Waals surface area contributed by atoms with Crippen LogP contribution in [0.2, 0.25) is 0 Å². The minimum atomic E-state index is 0.977. The standard InChI is InChI=1S/C7H10S/c1-2-5-6-3-4-8-7(5)6/h3-7H,2H2,1H3/t5-,6+,7-/m0/s1. The fraction of sp³-hybridized carbons (Fsp3) is 0.714. The molecule has 1 aliphatic heterocycles. The van der Waals surface area contributed by atoms with Gasteiger partial charge in [-0.1, -0.05) is 19.4 Å². The van der Waals surface area contributed by atoms with Crippen LogP contribution in [0.1, 0.15) is 13.3 Å². The topological polar surface area (TPSA) is 0 Å². The van der Waals surface area contributed by atoms with E-state index in [0.717, 1.165) is 17.1 Å². The number of hydrogen-bond donors (Lipinski definition) is 0. The average molecular weight is 126 g/mol. The zero-order valence-electron chi connectivity index (χ0n) is 5.00. The summed E-state index contributed by atoms with van der Waals surface area (Å²) >= 11 is 2.02. The van der Waals surface area contributed by atoms with Gasteiger partial charge in [-0.15, -0.1) is 11.8 Å². The Bertz CT molecular complexity index is 128. The Hall–Kier alpha value is 0.0900. The first-order chi connectivity index (χ1) is 3.93. The van der Waals surface area contributed by atoms with Gasteiger partial charge in [0.05, 0.1) is 0 Å². The van der Waals surface area contributed by atoms with Crippen LogP contribution in [0.15, 0.2) is 11.5 Å². The third-order valence-corrected chi connectivity index (χ3v) is 3.46. The smallest absolute Gasteiger partial charge is 0.0189 e. The Morgan fingerprint density at radius 2 is 2.50 bits per heavy atom. The summed E-state index contributed by atoms with van der Waals surface area (Å²) in [5.41, 5.74) is 0. The van der Waals surface area contributed by atoms with Gasteiger partial charge in [0.15, 0.2) is 0 Å². The van der Waals surface area contributed by atoms with Gasteiger partial charge in [-0.05, 0) is 17.2 Å². The minimum absolute atomic E-state index is 0.977. The molecule has 3 atom stereocenters. The summed E-state index contributed by atoms with van der Waals surface area (Å²) in [6.45, 7) is 2.29. The van der Waals surface area contributed by atoms with E-state index in [4.69, 9.17) is 0 Å². The van der Waals surface area contributed by atoms with Gasteiger partial charge in [-0.3, -0.25) is 0 Å². The number of allylic oxidation sites excluding steroid dienone is 1. The van der Waals surface area contributed by atoms with E-state index in [1.807, 2.05) is 11.8 Å². The average Bonchev–Trinajstić information content (AvgIpc) is 2.22. The van der Waals surface area contributed by atoms with Crippen molar-refractivity contribution in [1.29, 1.82) is 0 Å².